The van der Waals surface area contributed by atoms with E-state index in [-0.39, 0.29) is 0 Å². The Morgan fingerprint density at radius 3 is 3.00 bits per heavy atom. The highest BCUT2D eigenvalue weighted by Gasteiger charge is 2.09. The van der Waals surface area contributed by atoms with Crippen LogP contribution in [0.3, 0.4) is 0 Å². The molecule has 0 fully saturated rings. The first-order chi connectivity index (χ1) is 7.35. The molecule has 1 aromatic heterocycles. The molecular formula is C10H9N3O2. The van der Waals surface area contributed by atoms with E-state index < -0.39 is 0 Å². The number of aromatic amines is 1. The standard InChI is InChI=1S/C10H9N3O2/c1-15-8-4-2-3-7(5-8)10-9(6-14)11-13-12-10/h2-6H,1H3,(H,11,12,13). The van der Waals surface area contributed by atoms with Gasteiger partial charge in [-0.2, -0.15) is 15.4 Å². The number of carbonyl (C=O) groups excluding carboxylic acids is 1. The molecular weight excluding hydrogens is 194 g/mol. The van der Waals surface area contributed by atoms with Gasteiger partial charge in [-0.15, -0.1) is 0 Å². The van der Waals surface area contributed by atoms with Gasteiger partial charge >= 0.3 is 0 Å². The Hall–Kier alpha value is -2.17. The number of rotatable bonds is 3. The largest absolute Gasteiger partial charge is 0.497 e. The van der Waals surface area contributed by atoms with E-state index in [0.717, 1.165) is 5.56 Å². The lowest BCUT2D eigenvalue weighted by molar-refractivity contribution is 0.111. The molecule has 1 aromatic carbocycles. The highest BCUT2D eigenvalue weighted by atomic mass is 16.5. The molecule has 76 valence electrons. The van der Waals surface area contributed by atoms with Crippen LogP contribution in [-0.4, -0.2) is 28.8 Å². The fourth-order valence-corrected chi connectivity index (χ4v) is 1.30. The molecule has 0 radical (unpaired) electrons. The summed E-state index contributed by atoms with van der Waals surface area (Å²) in [5.41, 5.74) is 1.62. The number of H-pyrrole nitrogens is 1. The van der Waals surface area contributed by atoms with Crippen molar-refractivity contribution < 1.29 is 9.53 Å². The molecule has 0 amide bonds. The number of hydrogen-bond acceptors (Lipinski definition) is 4. The normalized spacial score (nSPS) is 9.93. The minimum atomic E-state index is 0.295. The molecule has 1 heterocycles. The molecule has 1 N–H and O–H groups in total. The van der Waals surface area contributed by atoms with Crippen molar-refractivity contribution in [2.45, 2.75) is 0 Å². The van der Waals surface area contributed by atoms with Crippen molar-refractivity contribution in [3.05, 3.63) is 30.0 Å². The number of ether oxygens (including phenoxy) is 1. The molecule has 0 atom stereocenters. The molecule has 0 spiro atoms. The van der Waals surface area contributed by atoms with Gasteiger partial charge in [-0.1, -0.05) is 12.1 Å². The molecule has 5 nitrogen and oxygen atoms in total. The molecule has 0 unspecified atom stereocenters. The van der Waals surface area contributed by atoms with Crippen LogP contribution in [-0.2, 0) is 0 Å². The van der Waals surface area contributed by atoms with E-state index in [9.17, 15) is 4.79 Å². The maximum absolute atomic E-state index is 10.7. The molecule has 0 saturated carbocycles. The Balaban J connectivity index is 2.48. The highest BCUT2D eigenvalue weighted by molar-refractivity contribution is 5.83. The fraction of sp³-hybridized carbons (Fsp3) is 0.100. The van der Waals surface area contributed by atoms with Gasteiger partial charge in [0.15, 0.2) is 12.0 Å². The summed E-state index contributed by atoms with van der Waals surface area (Å²) in [4.78, 5) is 10.7. The summed E-state index contributed by atoms with van der Waals surface area (Å²) in [5.74, 6) is 0.715. The van der Waals surface area contributed by atoms with E-state index in [1.54, 1.807) is 13.2 Å². The van der Waals surface area contributed by atoms with Gasteiger partial charge in [0, 0.05) is 5.56 Å². The lowest BCUT2D eigenvalue weighted by Gasteiger charge is -2.01. The minimum Gasteiger partial charge on any atom is -0.497 e. The van der Waals surface area contributed by atoms with Crippen molar-refractivity contribution in [1.29, 1.82) is 0 Å². The number of benzene rings is 1. The molecule has 5 heteroatoms. The number of nitrogens with zero attached hydrogens (tertiary/aromatic N) is 2. The molecule has 15 heavy (non-hydrogen) atoms. The van der Waals surface area contributed by atoms with E-state index in [2.05, 4.69) is 15.4 Å². The topological polar surface area (TPSA) is 67.9 Å². The van der Waals surface area contributed by atoms with E-state index in [1.165, 1.54) is 0 Å². The van der Waals surface area contributed by atoms with Crippen LogP contribution < -0.4 is 4.74 Å². The third-order valence-corrected chi connectivity index (χ3v) is 2.03. The number of nitrogens with one attached hydrogen (secondary N) is 1. The predicted molar refractivity (Wildman–Crippen MR) is 53.8 cm³/mol. The second-order valence-corrected chi connectivity index (χ2v) is 2.91. The van der Waals surface area contributed by atoms with Gasteiger partial charge in [0.05, 0.1) is 7.11 Å². The molecule has 0 aliphatic heterocycles. The zero-order valence-corrected chi connectivity index (χ0v) is 8.10. The first kappa shape index (κ1) is 9.39. The SMILES string of the molecule is COc1cccc(-c2n[nH]nc2C=O)c1. The Kier molecular flexibility index (Phi) is 2.45. The van der Waals surface area contributed by atoms with Gasteiger partial charge in [0.25, 0.3) is 0 Å². The van der Waals surface area contributed by atoms with Gasteiger partial charge in [-0.25, -0.2) is 0 Å². The van der Waals surface area contributed by atoms with E-state index >= 15 is 0 Å². The van der Waals surface area contributed by atoms with Gasteiger partial charge in [-0.05, 0) is 12.1 Å². The van der Waals surface area contributed by atoms with Crippen LogP contribution in [0.1, 0.15) is 10.5 Å². The van der Waals surface area contributed by atoms with Gasteiger partial charge in [0.1, 0.15) is 11.4 Å². The Labute approximate surface area is 86.1 Å². The quantitative estimate of drug-likeness (QED) is 0.763. The average Bonchev–Trinajstić information content (AvgIpc) is 2.77. The minimum absolute atomic E-state index is 0.295. The van der Waals surface area contributed by atoms with Gasteiger partial charge < -0.3 is 4.74 Å². The molecule has 2 rings (SSSR count). The van der Waals surface area contributed by atoms with Crippen LogP contribution in [0.5, 0.6) is 5.75 Å². The lowest BCUT2D eigenvalue weighted by Crippen LogP contribution is -1.87. The van der Waals surface area contributed by atoms with E-state index in [0.29, 0.717) is 23.4 Å². The van der Waals surface area contributed by atoms with Crippen molar-refractivity contribution in [2.24, 2.45) is 0 Å². The first-order valence-electron chi connectivity index (χ1n) is 4.35. The van der Waals surface area contributed by atoms with Crippen molar-refractivity contribution in [2.75, 3.05) is 7.11 Å². The number of carbonyl (C=O) groups is 1. The zero-order valence-electron chi connectivity index (χ0n) is 8.10. The average molecular weight is 203 g/mol. The van der Waals surface area contributed by atoms with Gasteiger partial charge in [0.2, 0.25) is 0 Å². The number of aromatic nitrogens is 3. The summed E-state index contributed by atoms with van der Waals surface area (Å²) in [6.07, 6.45) is 0.665. The second-order valence-electron chi connectivity index (χ2n) is 2.91. The third kappa shape index (κ3) is 1.71. The van der Waals surface area contributed by atoms with Crippen LogP contribution in [0, 0.1) is 0 Å². The summed E-state index contributed by atoms with van der Waals surface area (Å²) < 4.78 is 5.08. The second kappa shape index (κ2) is 3.91. The van der Waals surface area contributed by atoms with E-state index in [1.807, 2.05) is 18.2 Å². The lowest BCUT2D eigenvalue weighted by atomic mass is 10.1. The number of aldehydes is 1. The molecule has 0 saturated heterocycles. The first-order valence-corrected chi connectivity index (χ1v) is 4.35. The summed E-state index contributed by atoms with van der Waals surface area (Å²) in [5, 5.41) is 10.0. The summed E-state index contributed by atoms with van der Waals surface area (Å²) in [6, 6.07) is 7.29. The van der Waals surface area contributed by atoms with Crippen LogP contribution in [0.15, 0.2) is 24.3 Å². The van der Waals surface area contributed by atoms with Crippen LogP contribution in [0.4, 0.5) is 0 Å². The molecule has 2 aromatic rings. The Morgan fingerprint density at radius 1 is 1.40 bits per heavy atom. The van der Waals surface area contributed by atoms with Crippen LogP contribution in [0.2, 0.25) is 0 Å². The summed E-state index contributed by atoms with van der Waals surface area (Å²) >= 11 is 0. The maximum Gasteiger partial charge on any atom is 0.172 e. The molecule has 0 aliphatic carbocycles. The van der Waals surface area contributed by atoms with Crippen LogP contribution in [0.25, 0.3) is 11.3 Å². The number of methoxy groups -OCH3 is 1. The Morgan fingerprint density at radius 2 is 2.27 bits per heavy atom. The molecule has 0 aliphatic rings. The number of hydrogen-bond donors (Lipinski definition) is 1. The Bertz CT molecular complexity index is 479. The van der Waals surface area contributed by atoms with Crippen molar-refractivity contribution in [1.82, 2.24) is 15.4 Å². The van der Waals surface area contributed by atoms with Crippen LogP contribution >= 0.6 is 0 Å². The van der Waals surface area contributed by atoms with Gasteiger partial charge in [-0.3, -0.25) is 4.79 Å². The van der Waals surface area contributed by atoms with Crippen molar-refractivity contribution in [3.63, 3.8) is 0 Å². The predicted octanol–water partition coefficient (Wildman–Crippen LogP) is 1.29. The third-order valence-electron chi connectivity index (χ3n) is 2.03. The smallest absolute Gasteiger partial charge is 0.172 e. The highest BCUT2D eigenvalue weighted by Crippen LogP contribution is 2.22. The fourth-order valence-electron chi connectivity index (χ4n) is 1.30. The summed E-state index contributed by atoms with van der Waals surface area (Å²) in [7, 11) is 1.59. The monoisotopic (exact) mass is 203 g/mol. The molecule has 0 bridgehead atoms. The van der Waals surface area contributed by atoms with Crippen molar-refractivity contribution >= 4 is 6.29 Å². The van der Waals surface area contributed by atoms with Crippen molar-refractivity contribution in [3.8, 4) is 17.0 Å². The zero-order chi connectivity index (χ0) is 10.7. The van der Waals surface area contributed by atoms with E-state index in [4.69, 9.17) is 4.74 Å². The maximum atomic E-state index is 10.7. The summed E-state index contributed by atoms with van der Waals surface area (Å²) in [6.45, 7) is 0.